The van der Waals surface area contributed by atoms with Gasteiger partial charge in [0.15, 0.2) is 10.6 Å². The predicted octanol–water partition coefficient (Wildman–Crippen LogP) is 6.75. The van der Waals surface area contributed by atoms with Crippen LogP contribution in [-0.4, -0.2) is 49.6 Å². The van der Waals surface area contributed by atoms with Gasteiger partial charge < -0.3 is 4.74 Å². The van der Waals surface area contributed by atoms with Gasteiger partial charge >= 0.3 is 12.4 Å². The summed E-state index contributed by atoms with van der Waals surface area (Å²) in [6.07, 6.45) is -11.5. The summed E-state index contributed by atoms with van der Waals surface area (Å²) in [7, 11) is -4.14. The topological polar surface area (TPSA) is 59.0 Å². The molecule has 5 rings (SSSR count). The van der Waals surface area contributed by atoms with Crippen LogP contribution in [0.15, 0.2) is 34.7 Å². The van der Waals surface area contributed by atoms with Gasteiger partial charge in [-0.05, 0) is 52.4 Å². The fourth-order valence-corrected chi connectivity index (χ4v) is 7.84. The summed E-state index contributed by atoms with van der Waals surface area (Å²) in [6, 6.07) is 6.50. The Bertz CT molecular complexity index is 1450. The first kappa shape index (κ1) is 28.9. The lowest BCUT2D eigenvalue weighted by Crippen LogP contribution is -2.61. The van der Waals surface area contributed by atoms with Crippen LogP contribution in [0.25, 0.3) is 0 Å². The predicted molar refractivity (Wildman–Crippen MR) is 132 cm³/mol. The molecule has 1 spiro atoms. The van der Waals surface area contributed by atoms with E-state index in [1.165, 1.54) is 6.07 Å². The smallest absolute Gasteiger partial charge is 0.363 e. The quantitative estimate of drug-likeness (QED) is 0.207. The van der Waals surface area contributed by atoms with E-state index in [1.54, 1.807) is 12.1 Å². The highest BCUT2D eigenvalue weighted by Crippen LogP contribution is 2.57. The molecule has 1 atom stereocenters. The molecule has 212 valence electrons. The van der Waals surface area contributed by atoms with Gasteiger partial charge in [-0.3, -0.25) is 0 Å². The van der Waals surface area contributed by atoms with Crippen LogP contribution in [0, 0.1) is 5.82 Å². The Balaban J connectivity index is 1.36. The number of hydrogen-bond donors (Lipinski definition) is 0. The first-order chi connectivity index (χ1) is 18.0. The molecule has 1 saturated heterocycles. The molecule has 0 radical (unpaired) electrons. The third-order valence-electron chi connectivity index (χ3n) is 6.97. The Morgan fingerprint density at radius 2 is 1.69 bits per heavy atom. The molecular formula is C23H17Cl2F7N2O3S2. The molecule has 3 aliphatic rings. The van der Waals surface area contributed by atoms with Gasteiger partial charge in [0.1, 0.15) is 5.60 Å². The maximum atomic E-state index is 14.4. The number of alkyl halides is 6. The van der Waals surface area contributed by atoms with E-state index in [-0.39, 0.29) is 42.9 Å². The van der Waals surface area contributed by atoms with Gasteiger partial charge in [-0.15, -0.1) is 0 Å². The minimum atomic E-state index is -4.80. The fourth-order valence-electron chi connectivity index (χ4n) is 4.83. The van der Waals surface area contributed by atoms with Crippen molar-refractivity contribution in [3.8, 4) is 0 Å². The zero-order chi connectivity index (χ0) is 28.6. The number of ether oxygens (including phenoxy) is 1. The normalized spacial score (nSPS) is 23.2. The van der Waals surface area contributed by atoms with E-state index in [2.05, 4.69) is 4.40 Å². The Labute approximate surface area is 232 Å². The highest BCUT2D eigenvalue weighted by Gasteiger charge is 2.60. The lowest BCUT2D eigenvalue weighted by molar-refractivity contribution is -0.159. The molecule has 5 nitrogen and oxygen atoms in total. The molecule has 3 heterocycles. The van der Waals surface area contributed by atoms with Gasteiger partial charge in [-0.1, -0.05) is 35.3 Å². The molecule has 0 amide bonds. The minimum Gasteiger partial charge on any atom is -0.363 e. The molecule has 0 aliphatic carbocycles. The summed E-state index contributed by atoms with van der Waals surface area (Å²) in [5.41, 5.74) is 0.315. The average Bonchev–Trinajstić information content (AvgIpc) is 3.42. The van der Waals surface area contributed by atoms with Gasteiger partial charge in [0.05, 0.1) is 34.5 Å². The summed E-state index contributed by atoms with van der Waals surface area (Å²) in [6.45, 7) is -0.299. The van der Waals surface area contributed by atoms with Crippen molar-refractivity contribution in [3.05, 3.63) is 68.4 Å². The van der Waals surface area contributed by atoms with Crippen molar-refractivity contribution in [2.75, 3.05) is 18.8 Å². The van der Waals surface area contributed by atoms with Crippen LogP contribution < -0.4 is 0 Å². The van der Waals surface area contributed by atoms with Crippen LogP contribution in [0.3, 0.4) is 0 Å². The fraction of sp³-hybridized carbons (Fsp3) is 0.435. The van der Waals surface area contributed by atoms with Crippen molar-refractivity contribution in [1.29, 1.82) is 0 Å². The van der Waals surface area contributed by atoms with Gasteiger partial charge in [0.2, 0.25) is 10.0 Å². The molecule has 16 heteroatoms. The Hall–Kier alpha value is -1.58. The van der Waals surface area contributed by atoms with E-state index in [0.29, 0.717) is 16.7 Å². The zero-order valence-corrected chi connectivity index (χ0v) is 22.6. The Morgan fingerprint density at radius 3 is 2.28 bits per heavy atom. The van der Waals surface area contributed by atoms with Gasteiger partial charge in [-0.2, -0.15) is 30.6 Å². The number of hydrogen-bond acceptors (Lipinski definition) is 5. The molecule has 1 fully saturated rings. The number of fused-ring (bicyclic) bond motifs is 2. The molecule has 0 unspecified atom stereocenters. The van der Waals surface area contributed by atoms with E-state index in [0.717, 1.165) is 16.4 Å². The summed E-state index contributed by atoms with van der Waals surface area (Å²) < 4.78 is 127. The van der Waals surface area contributed by atoms with E-state index in [4.69, 9.17) is 27.9 Å². The van der Waals surface area contributed by atoms with E-state index in [1.807, 2.05) is 0 Å². The number of sulfonamides is 1. The van der Waals surface area contributed by atoms with Crippen LogP contribution >= 0.6 is 35.1 Å². The average molecular weight is 637 g/mol. The standard InChI is InChI=1S/C23H17Cl2F7N2O3S2/c24-16-6-14(7-17(25)19(16)26)21(23(30,31)32)8-18(33-38-21)12-1-2-15-13(5-12)9-37-20(15)10-34(11-20)39(35,36)4-3-22(27,28)29/h1-2,5-7H,3-4,8-11H2/t21-/m0/s1. The second-order valence-corrected chi connectivity index (χ2v) is 13.5. The molecule has 2 aromatic carbocycles. The molecule has 0 aromatic heterocycles. The van der Waals surface area contributed by atoms with Crippen LogP contribution in [-0.2, 0) is 31.7 Å². The van der Waals surface area contributed by atoms with Crippen LogP contribution in [0.5, 0.6) is 0 Å². The number of rotatable bonds is 5. The second kappa shape index (κ2) is 9.48. The number of halogens is 9. The largest absolute Gasteiger partial charge is 0.409 e. The van der Waals surface area contributed by atoms with Crippen LogP contribution in [0.1, 0.15) is 35.1 Å². The lowest BCUT2D eigenvalue weighted by Gasteiger charge is -2.46. The molecule has 0 saturated carbocycles. The van der Waals surface area contributed by atoms with Gasteiger partial charge in [-0.25, -0.2) is 17.2 Å². The molecule has 2 aromatic rings. The van der Waals surface area contributed by atoms with Crippen LogP contribution in [0.4, 0.5) is 30.7 Å². The highest BCUT2D eigenvalue weighted by molar-refractivity contribution is 7.99. The van der Waals surface area contributed by atoms with E-state index >= 15 is 0 Å². The zero-order valence-electron chi connectivity index (χ0n) is 19.5. The van der Waals surface area contributed by atoms with E-state index in [9.17, 15) is 39.2 Å². The SMILES string of the molecule is O=S(=O)(CCC(F)(F)F)N1CC2(C1)OCc1cc(C3=NS[C@@](c4cc(Cl)c(F)c(Cl)c4)(C(F)(F)F)C3)ccc12. The molecule has 0 N–H and O–H groups in total. The van der Waals surface area contributed by atoms with Crippen LogP contribution in [0.2, 0.25) is 10.0 Å². The summed E-state index contributed by atoms with van der Waals surface area (Å²) in [4.78, 5) is 0. The summed E-state index contributed by atoms with van der Waals surface area (Å²) >= 11 is 11.8. The molecule has 39 heavy (non-hydrogen) atoms. The van der Waals surface area contributed by atoms with Crippen molar-refractivity contribution in [2.24, 2.45) is 4.40 Å². The number of nitrogens with zero attached hydrogens (tertiary/aromatic N) is 2. The third-order valence-corrected chi connectivity index (χ3v) is 10.5. The first-order valence-electron chi connectivity index (χ1n) is 11.3. The third kappa shape index (κ3) is 5.05. The lowest BCUT2D eigenvalue weighted by atomic mass is 9.85. The van der Waals surface area contributed by atoms with Crippen molar-refractivity contribution in [3.63, 3.8) is 0 Å². The minimum absolute atomic E-state index is 0.0353. The second-order valence-electron chi connectivity index (χ2n) is 9.49. The molecular weight excluding hydrogens is 620 g/mol. The molecule has 0 bridgehead atoms. The van der Waals surface area contributed by atoms with Crippen molar-refractivity contribution in [2.45, 2.75) is 42.1 Å². The Morgan fingerprint density at radius 1 is 1.05 bits per heavy atom. The molecule has 3 aliphatic heterocycles. The Kier molecular flexibility index (Phi) is 7.03. The van der Waals surface area contributed by atoms with Crippen molar-refractivity contribution >= 4 is 50.9 Å². The first-order valence-corrected chi connectivity index (χ1v) is 14.4. The summed E-state index contributed by atoms with van der Waals surface area (Å²) in [5, 5.41) is -1.10. The number of benzene rings is 2. The van der Waals surface area contributed by atoms with Gasteiger partial charge in [0.25, 0.3) is 0 Å². The summed E-state index contributed by atoms with van der Waals surface area (Å²) in [5.74, 6) is -2.10. The van der Waals surface area contributed by atoms with E-state index < -0.39 is 67.2 Å². The van der Waals surface area contributed by atoms with Crippen molar-refractivity contribution in [1.82, 2.24) is 4.31 Å². The monoisotopic (exact) mass is 636 g/mol. The highest BCUT2D eigenvalue weighted by atomic mass is 35.5. The maximum Gasteiger partial charge on any atom is 0.409 e. The maximum absolute atomic E-state index is 14.4. The van der Waals surface area contributed by atoms with Gasteiger partial charge in [0, 0.05) is 19.5 Å². The van der Waals surface area contributed by atoms with Crippen molar-refractivity contribution < 1.29 is 43.9 Å².